The Kier molecular flexibility index (Phi) is 5.04. The standard InChI is InChI=1S/C23H23N5O2S2/c24-21-20-17(18-5-4-13(9-27-18)15-10-30-11-15)6-19(14-7-25-12-26-8-14)28-22(20)31-23(21)32(29)16-2-1-3-16/h4-9,15-16,25H,1-3,10-12,24H2. The second-order valence-corrected chi connectivity index (χ2v) is 11.3. The molecule has 9 heteroatoms. The minimum Gasteiger partial charge on any atom is -0.396 e. The number of hydrogen-bond donors (Lipinski definition) is 2. The minimum atomic E-state index is -1.10. The van der Waals surface area contributed by atoms with Crippen LogP contribution in [0, 0.1) is 0 Å². The first-order valence-corrected chi connectivity index (χ1v) is 12.8. The number of hydrogen-bond acceptors (Lipinski definition) is 8. The molecule has 2 aliphatic heterocycles. The van der Waals surface area contributed by atoms with Gasteiger partial charge in [-0.3, -0.25) is 14.2 Å². The van der Waals surface area contributed by atoms with E-state index in [9.17, 15) is 4.21 Å². The topological polar surface area (TPSA) is 102 Å². The van der Waals surface area contributed by atoms with Gasteiger partial charge in [0.05, 0.1) is 41.1 Å². The van der Waals surface area contributed by atoms with Crippen LogP contribution in [0.5, 0.6) is 0 Å². The molecule has 7 nitrogen and oxygen atoms in total. The average molecular weight is 466 g/mol. The number of allylic oxidation sites excluding steroid dienone is 1. The van der Waals surface area contributed by atoms with Gasteiger partial charge in [0.2, 0.25) is 0 Å². The van der Waals surface area contributed by atoms with Crippen LogP contribution in [0.3, 0.4) is 0 Å². The Morgan fingerprint density at radius 2 is 2.09 bits per heavy atom. The number of nitrogens with two attached hydrogens (primary N) is 1. The summed E-state index contributed by atoms with van der Waals surface area (Å²) >= 11 is 1.44. The van der Waals surface area contributed by atoms with E-state index < -0.39 is 10.8 Å². The van der Waals surface area contributed by atoms with Crippen molar-refractivity contribution in [3.05, 3.63) is 41.9 Å². The first-order valence-electron chi connectivity index (χ1n) is 10.8. The Morgan fingerprint density at radius 3 is 2.72 bits per heavy atom. The van der Waals surface area contributed by atoms with Crippen LogP contribution in [0.15, 0.2) is 39.8 Å². The highest BCUT2D eigenvalue weighted by Crippen LogP contribution is 2.44. The maximum Gasteiger partial charge on any atom is 0.127 e. The second kappa shape index (κ2) is 8.06. The fourth-order valence-electron chi connectivity index (χ4n) is 4.10. The predicted molar refractivity (Wildman–Crippen MR) is 129 cm³/mol. The van der Waals surface area contributed by atoms with E-state index in [4.69, 9.17) is 20.4 Å². The van der Waals surface area contributed by atoms with Crippen LogP contribution in [0.1, 0.15) is 36.4 Å². The third-order valence-corrected chi connectivity index (χ3v) is 9.64. The zero-order valence-corrected chi connectivity index (χ0v) is 19.0. The van der Waals surface area contributed by atoms with Gasteiger partial charge in [0.15, 0.2) is 0 Å². The largest absolute Gasteiger partial charge is 0.396 e. The molecule has 1 saturated heterocycles. The van der Waals surface area contributed by atoms with Crippen LogP contribution in [0.25, 0.3) is 27.0 Å². The Balaban J connectivity index is 1.50. The molecule has 0 aromatic carbocycles. The molecule has 1 unspecified atom stereocenters. The van der Waals surface area contributed by atoms with Gasteiger partial charge in [-0.1, -0.05) is 12.5 Å². The Labute approximate surface area is 192 Å². The molecule has 0 bridgehead atoms. The van der Waals surface area contributed by atoms with E-state index >= 15 is 0 Å². The van der Waals surface area contributed by atoms with Crippen LogP contribution in [0.4, 0.5) is 5.69 Å². The molecule has 32 heavy (non-hydrogen) atoms. The summed E-state index contributed by atoms with van der Waals surface area (Å²) < 4.78 is 19.2. The highest BCUT2D eigenvalue weighted by molar-refractivity contribution is 7.88. The molecule has 0 amide bonds. The summed E-state index contributed by atoms with van der Waals surface area (Å²) in [5, 5.41) is 4.19. The summed E-state index contributed by atoms with van der Waals surface area (Å²) in [7, 11) is -1.10. The smallest absolute Gasteiger partial charge is 0.127 e. The van der Waals surface area contributed by atoms with Gasteiger partial charge in [0.1, 0.15) is 15.7 Å². The maximum absolute atomic E-state index is 13.2. The van der Waals surface area contributed by atoms with E-state index in [0.717, 1.165) is 69.4 Å². The summed E-state index contributed by atoms with van der Waals surface area (Å²) in [6.07, 6.45) is 8.79. The monoisotopic (exact) mass is 465 g/mol. The molecule has 1 atom stereocenters. The van der Waals surface area contributed by atoms with E-state index in [1.807, 2.05) is 30.7 Å². The highest BCUT2D eigenvalue weighted by Gasteiger charge is 2.30. The number of aromatic nitrogens is 2. The number of aliphatic imine (C=N–C) groups is 1. The fraction of sp³-hybridized carbons (Fsp3) is 0.348. The third kappa shape index (κ3) is 3.35. The molecule has 6 rings (SSSR count). The Hall–Kier alpha value is -2.62. The number of pyridine rings is 2. The summed E-state index contributed by atoms with van der Waals surface area (Å²) in [6.45, 7) is 2.06. The zero-order valence-electron chi connectivity index (χ0n) is 17.4. The lowest BCUT2D eigenvalue weighted by Crippen LogP contribution is -2.25. The number of ether oxygens (including phenoxy) is 1. The van der Waals surface area contributed by atoms with Gasteiger partial charge in [0.25, 0.3) is 0 Å². The van der Waals surface area contributed by atoms with Crippen molar-refractivity contribution < 1.29 is 8.95 Å². The molecule has 164 valence electrons. The van der Waals surface area contributed by atoms with E-state index in [1.165, 1.54) is 16.9 Å². The molecule has 1 aliphatic carbocycles. The van der Waals surface area contributed by atoms with Gasteiger partial charge in [0, 0.05) is 46.3 Å². The maximum atomic E-state index is 13.2. The Bertz CT molecular complexity index is 1270. The van der Waals surface area contributed by atoms with Gasteiger partial charge >= 0.3 is 0 Å². The number of nitrogens with zero attached hydrogens (tertiary/aromatic N) is 3. The lowest BCUT2D eigenvalue weighted by atomic mass is 9.98. The van der Waals surface area contributed by atoms with E-state index in [2.05, 4.69) is 16.4 Å². The van der Waals surface area contributed by atoms with Crippen molar-refractivity contribution in [2.75, 3.05) is 25.6 Å². The van der Waals surface area contributed by atoms with E-state index in [-0.39, 0.29) is 5.25 Å². The summed E-state index contributed by atoms with van der Waals surface area (Å²) in [4.78, 5) is 14.8. The Morgan fingerprint density at radius 1 is 1.22 bits per heavy atom. The molecule has 3 N–H and O–H groups in total. The first kappa shape index (κ1) is 20.0. The second-order valence-electron chi connectivity index (χ2n) is 8.37. The van der Waals surface area contributed by atoms with Crippen molar-refractivity contribution in [2.24, 2.45) is 4.99 Å². The lowest BCUT2D eigenvalue weighted by Gasteiger charge is -2.26. The minimum absolute atomic E-state index is 0.202. The summed E-state index contributed by atoms with van der Waals surface area (Å²) in [5.41, 5.74) is 11.8. The van der Waals surface area contributed by atoms with Gasteiger partial charge in [-0.05, 0) is 30.5 Å². The molecule has 2 fully saturated rings. The van der Waals surface area contributed by atoms with Crippen molar-refractivity contribution in [1.29, 1.82) is 0 Å². The van der Waals surface area contributed by atoms with Gasteiger partial charge in [-0.25, -0.2) is 4.98 Å². The van der Waals surface area contributed by atoms with Crippen molar-refractivity contribution in [2.45, 2.75) is 34.6 Å². The quantitative estimate of drug-likeness (QED) is 0.596. The third-order valence-electron chi connectivity index (χ3n) is 6.34. The molecule has 0 radical (unpaired) electrons. The van der Waals surface area contributed by atoms with Crippen LogP contribution in [0.2, 0.25) is 0 Å². The van der Waals surface area contributed by atoms with Crippen molar-refractivity contribution in [3.8, 4) is 11.3 Å². The first-order chi connectivity index (χ1) is 15.7. The highest BCUT2D eigenvalue weighted by atomic mass is 32.2. The normalized spacial score (nSPS) is 19.8. The fourth-order valence-corrected chi connectivity index (χ4v) is 7.31. The number of nitrogen functional groups attached to an aromatic ring is 1. The number of nitrogens with one attached hydrogen (secondary N) is 1. The molecular formula is C23H23N5O2S2. The van der Waals surface area contributed by atoms with Crippen LogP contribution in [-0.2, 0) is 15.5 Å². The van der Waals surface area contributed by atoms with E-state index in [1.54, 1.807) is 0 Å². The molecule has 3 aromatic rings. The number of fused-ring (bicyclic) bond motifs is 1. The SMILES string of the molecule is Nc1c(S(=O)C2CCC2)sc2nc(C3=CNCN=C3)cc(-c3ccc(C4COC4)cn3)c12. The van der Waals surface area contributed by atoms with Crippen LogP contribution >= 0.6 is 11.3 Å². The van der Waals surface area contributed by atoms with Crippen LogP contribution < -0.4 is 11.1 Å². The molecule has 5 heterocycles. The molecule has 1 saturated carbocycles. The average Bonchev–Trinajstić information content (AvgIpc) is 3.08. The summed E-state index contributed by atoms with van der Waals surface area (Å²) in [6, 6.07) is 6.16. The van der Waals surface area contributed by atoms with Crippen LogP contribution in [-0.4, -0.2) is 45.5 Å². The van der Waals surface area contributed by atoms with Crippen molar-refractivity contribution >= 4 is 49.8 Å². The van der Waals surface area contributed by atoms with Crippen molar-refractivity contribution in [1.82, 2.24) is 15.3 Å². The molecule has 3 aromatic heterocycles. The lowest BCUT2D eigenvalue weighted by molar-refractivity contribution is 0.00830. The zero-order chi connectivity index (χ0) is 21.7. The number of thiophene rings is 1. The number of rotatable bonds is 5. The molecule has 0 spiro atoms. The summed E-state index contributed by atoms with van der Waals surface area (Å²) in [5.74, 6) is 0.418. The molecule has 3 aliphatic rings. The van der Waals surface area contributed by atoms with Gasteiger partial charge in [-0.2, -0.15) is 0 Å². The van der Waals surface area contributed by atoms with Gasteiger partial charge < -0.3 is 15.8 Å². The molecular weight excluding hydrogens is 442 g/mol. The van der Waals surface area contributed by atoms with E-state index in [0.29, 0.717) is 18.3 Å². The number of anilines is 1. The predicted octanol–water partition coefficient (Wildman–Crippen LogP) is 3.69. The van der Waals surface area contributed by atoms with Gasteiger partial charge in [-0.15, -0.1) is 11.3 Å². The van der Waals surface area contributed by atoms with Crippen molar-refractivity contribution in [3.63, 3.8) is 0 Å².